The van der Waals surface area contributed by atoms with Crippen LogP contribution in [0.1, 0.15) is 0 Å². The number of hydrogen-bond acceptors (Lipinski definition) is 6. The van der Waals surface area contributed by atoms with Crippen molar-refractivity contribution in [2.75, 3.05) is 0 Å². The maximum Gasteiger partial charge on any atom is 0.573 e. The Labute approximate surface area is 310 Å². The van der Waals surface area contributed by atoms with E-state index in [9.17, 15) is 67.0 Å². The monoisotopic (exact) mass is 838 g/mol. The van der Waals surface area contributed by atoms with Crippen molar-refractivity contribution < 1.29 is 90.5 Å². The van der Waals surface area contributed by atoms with Gasteiger partial charge in [-0.15, -0.1) is 52.7 Å². The fourth-order valence-corrected chi connectivity index (χ4v) is 6.37. The second kappa shape index (κ2) is 14.6. The Bertz CT molecular complexity index is 2460. The molecule has 2 N–H and O–H groups in total. The SMILES string of the molecule is O=P(O)(O)Oc1c(-c2cc(OC(F)(F)F)cc(OC(F)(F)F)c2)cc2ccccc2c1-c1cc(-c2cc(OC(F)(F)F)cc(OC(F)(F)F)c2)cc2ccccc12. The first-order valence-corrected chi connectivity index (χ1v) is 17.0. The maximum atomic E-state index is 13.3. The van der Waals surface area contributed by atoms with Gasteiger partial charge in [0.25, 0.3) is 0 Å². The summed E-state index contributed by atoms with van der Waals surface area (Å²) in [4.78, 5) is 20.2. The summed E-state index contributed by atoms with van der Waals surface area (Å²) in [5.74, 6) is -5.60. The summed E-state index contributed by atoms with van der Waals surface area (Å²) in [6.07, 6.45) is -21.6. The molecule has 0 aromatic heterocycles. The maximum absolute atomic E-state index is 13.3. The van der Waals surface area contributed by atoms with E-state index in [0.29, 0.717) is 18.2 Å². The van der Waals surface area contributed by atoms with Crippen molar-refractivity contribution >= 4 is 29.4 Å². The number of rotatable bonds is 9. The molecule has 0 aliphatic heterocycles. The molecule has 0 saturated heterocycles. The quantitative estimate of drug-likeness (QED) is 0.110. The number of phosphoric acid groups is 1. The molecule has 6 aromatic rings. The van der Waals surface area contributed by atoms with Gasteiger partial charge in [-0.3, -0.25) is 9.79 Å². The van der Waals surface area contributed by atoms with Crippen LogP contribution >= 0.6 is 7.82 Å². The first-order chi connectivity index (χ1) is 26.3. The van der Waals surface area contributed by atoms with Crippen LogP contribution < -0.4 is 23.5 Å². The average molecular weight is 838 g/mol. The summed E-state index contributed by atoms with van der Waals surface area (Å²) in [6.45, 7) is 0. The van der Waals surface area contributed by atoms with Gasteiger partial charge in [0, 0.05) is 23.3 Å². The van der Waals surface area contributed by atoms with E-state index < -0.39 is 73.1 Å². The van der Waals surface area contributed by atoms with Gasteiger partial charge in [0.15, 0.2) is 0 Å². The molecule has 0 heterocycles. The van der Waals surface area contributed by atoms with Crippen LogP contribution in [0.4, 0.5) is 52.7 Å². The van der Waals surface area contributed by atoms with Gasteiger partial charge in [0.1, 0.15) is 28.7 Å². The Kier molecular flexibility index (Phi) is 10.4. The molecule has 0 spiro atoms. The predicted molar refractivity (Wildman–Crippen MR) is 177 cm³/mol. The second-order valence-corrected chi connectivity index (χ2v) is 12.9. The lowest BCUT2D eigenvalue weighted by molar-refractivity contribution is -0.278. The lowest BCUT2D eigenvalue weighted by Crippen LogP contribution is -2.19. The molecule has 57 heavy (non-hydrogen) atoms. The molecule has 0 atom stereocenters. The molecule has 6 aromatic carbocycles. The molecule has 0 radical (unpaired) electrons. The van der Waals surface area contributed by atoms with Gasteiger partial charge in [-0.25, -0.2) is 4.57 Å². The van der Waals surface area contributed by atoms with E-state index >= 15 is 0 Å². The van der Waals surface area contributed by atoms with Crippen molar-refractivity contribution in [2.45, 2.75) is 25.4 Å². The zero-order valence-corrected chi connectivity index (χ0v) is 28.5. The van der Waals surface area contributed by atoms with E-state index in [4.69, 9.17) is 4.52 Å². The molecular weight excluding hydrogens is 819 g/mol. The van der Waals surface area contributed by atoms with Crippen LogP contribution in [0.5, 0.6) is 28.7 Å². The van der Waals surface area contributed by atoms with Crippen molar-refractivity contribution in [1.82, 2.24) is 0 Å². The van der Waals surface area contributed by atoms with Gasteiger partial charge < -0.3 is 23.5 Å². The van der Waals surface area contributed by atoms with E-state index in [1.165, 1.54) is 60.7 Å². The van der Waals surface area contributed by atoms with Crippen LogP contribution in [0, 0.1) is 0 Å². The lowest BCUT2D eigenvalue weighted by Gasteiger charge is -2.22. The van der Waals surface area contributed by atoms with Crippen LogP contribution in [0.2, 0.25) is 0 Å². The minimum absolute atomic E-state index is 0.0838. The third-order valence-electron chi connectivity index (χ3n) is 7.68. The summed E-state index contributed by atoms with van der Waals surface area (Å²) in [5.41, 5.74) is -2.01. The van der Waals surface area contributed by atoms with Crippen molar-refractivity contribution in [1.29, 1.82) is 0 Å². The lowest BCUT2D eigenvalue weighted by atomic mass is 9.87. The van der Waals surface area contributed by atoms with Crippen LogP contribution in [0.15, 0.2) is 103 Å². The topological polar surface area (TPSA) is 104 Å². The molecule has 6 rings (SSSR count). The number of hydrogen-bond donors (Lipinski definition) is 2. The van der Waals surface area contributed by atoms with E-state index in [1.54, 1.807) is 0 Å². The summed E-state index contributed by atoms with van der Waals surface area (Å²) in [5, 5.41) is 0.681. The second-order valence-electron chi connectivity index (χ2n) is 11.8. The molecular formula is C36H19F12O8P. The van der Waals surface area contributed by atoms with Gasteiger partial charge in [-0.2, -0.15) is 0 Å². The minimum Gasteiger partial charge on any atom is -0.406 e. The standard InChI is InChI=1S/C36H19F12O8P/c37-33(38,39)52-23-10-21(11-24(16-23)53-34(40,41)42)20-9-18-5-1-3-7-27(18)30(15-20)31-28-8-4-2-6-19(28)14-29(32(31)56-57(49,50)51)22-12-25(54-35(43,44)45)17-26(13-22)55-36(46,47)48/h1-17H,(H2,49,50,51). The smallest absolute Gasteiger partial charge is 0.406 e. The van der Waals surface area contributed by atoms with E-state index in [-0.39, 0.29) is 49.9 Å². The summed E-state index contributed by atoms with van der Waals surface area (Å²) >= 11 is 0. The summed E-state index contributed by atoms with van der Waals surface area (Å²) in [7, 11) is -5.70. The Morgan fingerprint density at radius 2 is 0.825 bits per heavy atom. The molecule has 300 valence electrons. The van der Waals surface area contributed by atoms with Crippen LogP contribution in [0.3, 0.4) is 0 Å². The molecule has 0 aliphatic rings. The van der Waals surface area contributed by atoms with Crippen molar-refractivity contribution in [3.63, 3.8) is 0 Å². The molecule has 0 amide bonds. The third kappa shape index (κ3) is 10.5. The molecule has 0 saturated carbocycles. The normalized spacial score (nSPS) is 12.8. The number of alkyl halides is 12. The van der Waals surface area contributed by atoms with Crippen molar-refractivity contribution in [2.24, 2.45) is 0 Å². The van der Waals surface area contributed by atoms with Gasteiger partial charge in [-0.1, -0.05) is 48.5 Å². The highest BCUT2D eigenvalue weighted by molar-refractivity contribution is 7.46. The fraction of sp³-hybridized carbons (Fsp3) is 0.111. The molecule has 21 heteroatoms. The Morgan fingerprint density at radius 3 is 1.26 bits per heavy atom. The van der Waals surface area contributed by atoms with E-state index in [1.807, 2.05) is 0 Å². The predicted octanol–water partition coefficient (Wildman–Crippen LogP) is 12.1. The first kappa shape index (κ1) is 40.8. The van der Waals surface area contributed by atoms with Crippen molar-refractivity contribution in [3.8, 4) is 62.1 Å². The zero-order valence-electron chi connectivity index (χ0n) is 27.6. The molecule has 0 fully saturated rings. The molecule has 8 nitrogen and oxygen atoms in total. The first-order valence-electron chi connectivity index (χ1n) is 15.5. The Balaban J connectivity index is 1.72. The number of halogens is 12. The number of fused-ring (bicyclic) bond motifs is 2. The third-order valence-corrected chi connectivity index (χ3v) is 8.10. The highest BCUT2D eigenvalue weighted by Gasteiger charge is 2.36. The van der Waals surface area contributed by atoms with Crippen molar-refractivity contribution in [3.05, 3.63) is 103 Å². The molecule has 0 bridgehead atoms. The van der Waals surface area contributed by atoms with E-state index in [2.05, 4.69) is 18.9 Å². The van der Waals surface area contributed by atoms with Crippen LogP contribution in [0.25, 0.3) is 54.9 Å². The Hall–Kier alpha value is -5.85. The highest BCUT2D eigenvalue weighted by Crippen LogP contribution is 2.53. The number of ether oxygens (including phenoxy) is 4. The molecule has 0 aliphatic carbocycles. The van der Waals surface area contributed by atoms with Gasteiger partial charge >= 0.3 is 33.3 Å². The van der Waals surface area contributed by atoms with Crippen LogP contribution in [-0.4, -0.2) is 35.2 Å². The van der Waals surface area contributed by atoms with Gasteiger partial charge in [0.2, 0.25) is 0 Å². The summed E-state index contributed by atoms with van der Waals surface area (Å²) in [6, 6.07) is 18.5. The fourth-order valence-electron chi connectivity index (χ4n) is 5.94. The number of benzene rings is 6. The molecule has 0 unspecified atom stereocenters. The average Bonchev–Trinajstić information content (AvgIpc) is 3.03. The highest BCUT2D eigenvalue weighted by atomic mass is 31.2. The number of phosphoric ester groups is 1. The largest absolute Gasteiger partial charge is 0.573 e. The van der Waals surface area contributed by atoms with Gasteiger partial charge in [-0.05, 0) is 86.3 Å². The zero-order chi connectivity index (χ0) is 41.7. The Morgan fingerprint density at radius 1 is 0.439 bits per heavy atom. The summed E-state index contributed by atoms with van der Waals surface area (Å²) < 4.78 is 193. The minimum atomic E-state index is -5.70. The van der Waals surface area contributed by atoms with Gasteiger partial charge in [0.05, 0.1) is 0 Å². The van der Waals surface area contributed by atoms with Crippen LogP contribution in [-0.2, 0) is 4.57 Å². The van der Waals surface area contributed by atoms with E-state index in [0.717, 1.165) is 18.2 Å².